The van der Waals surface area contributed by atoms with Crippen molar-refractivity contribution in [3.05, 3.63) is 0 Å². The van der Waals surface area contributed by atoms with E-state index in [1.807, 2.05) is 0 Å². The van der Waals surface area contributed by atoms with Crippen molar-refractivity contribution in [3.8, 4) is 0 Å². The Bertz CT molecular complexity index is 385. The number of unbranched alkanes of at least 4 members (excludes halogenated alkanes) is 12. The van der Waals surface area contributed by atoms with Crippen molar-refractivity contribution in [2.45, 2.75) is 143 Å². The largest absolute Gasteiger partial charge is 0.352 e. The van der Waals surface area contributed by atoms with E-state index in [9.17, 15) is 9.59 Å². The van der Waals surface area contributed by atoms with Crippen LogP contribution in [0.25, 0.3) is 0 Å². The lowest BCUT2D eigenvalue weighted by molar-refractivity contribution is -0.122. The number of carbonyl (C=O) groups excluding carboxylic acids is 2. The SMILES string of the molecule is CCCCCCCCCCCCCCCC(NC(C)=O)C(CCC)NC(C)=O. The van der Waals surface area contributed by atoms with Gasteiger partial charge in [-0.15, -0.1) is 0 Å². The summed E-state index contributed by atoms with van der Waals surface area (Å²) in [5, 5.41) is 6.09. The second-order valence-electron chi connectivity index (χ2n) is 8.43. The highest BCUT2D eigenvalue weighted by molar-refractivity contribution is 5.74. The summed E-state index contributed by atoms with van der Waals surface area (Å²) in [5.74, 6) is -0.0229. The Labute approximate surface area is 175 Å². The average Bonchev–Trinajstić information content (AvgIpc) is 2.63. The van der Waals surface area contributed by atoms with Gasteiger partial charge in [-0.25, -0.2) is 0 Å². The van der Waals surface area contributed by atoms with Gasteiger partial charge in [-0.1, -0.05) is 104 Å². The van der Waals surface area contributed by atoms with E-state index in [-0.39, 0.29) is 23.9 Å². The van der Waals surface area contributed by atoms with E-state index >= 15 is 0 Å². The summed E-state index contributed by atoms with van der Waals surface area (Å²) in [5.41, 5.74) is 0. The molecule has 0 aliphatic carbocycles. The summed E-state index contributed by atoms with van der Waals surface area (Å²) in [6.45, 7) is 7.50. The molecule has 2 amide bonds. The number of carbonyl (C=O) groups is 2. The maximum atomic E-state index is 11.6. The van der Waals surface area contributed by atoms with E-state index in [0.29, 0.717) is 0 Å². The Balaban J connectivity index is 3.84. The lowest BCUT2D eigenvalue weighted by Gasteiger charge is -2.28. The van der Waals surface area contributed by atoms with Crippen LogP contribution in [0.3, 0.4) is 0 Å². The van der Waals surface area contributed by atoms with Crippen LogP contribution < -0.4 is 10.6 Å². The van der Waals surface area contributed by atoms with Crippen LogP contribution in [0.5, 0.6) is 0 Å². The molecule has 0 rings (SSSR count). The first-order chi connectivity index (χ1) is 13.5. The highest BCUT2D eigenvalue weighted by Crippen LogP contribution is 2.15. The van der Waals surface area contributed by atoms with Crippen LogP contribution in [-0.4, -0.2) is 23.9 Å². The molecule has 0 aromatic heterocycles. The predicted octanol–water partition coefficient (Wildman–Crippen LogP) is 6.28. The molecule has 28 heavy (non-hydrogen) atoms. The van der Waals surface area contributed by atoms with Gasteiger partial charge in [-0.05, 0) is 12.8 Å². The number of nitrogens with one attached hydrogen (secondary N) is 2. The lowest BCUT2D eigenvalue weighted by atomic mass is 9.96. The molecule has 2 atom stereocenters. The number of hydrogen-bond donors (Lipinski definition) is 2. The van der Waals surface area contributed by atoms with Crippen molar-refractivity contribution in [3.63, 3.8) is 0 Å². The fraction of sp³-hybridized carbons (Fsp3) is 0.917. The summed E-state index contributed by atoms with van der Waals surface area (Å²) in [4.78, 5) is 23.0. The van der Waals surface area contributed by atoms with Gasteiger partial charge in [0.05, 0.1) is 0 Å². The van der Waals surface area contributed by atoms with Crippen LogP contribution in [0.15, 0.2) is 0 Å². The quantitative estimate of drug-likeness (QED) is 0.252. The van der Waals surface area contributed by atoms with Gasteiger partial charge in [-0.2, -0.15) is 0 Å². The summed E-state index contributed by atoms with van der Waals surface area (Å²) in [6, 6.07) is 0.0952. The van der Waals surface area contributed by atoms with Crippen molar-refractivity contribution in [1.29, 1.82) is 0 Å². The third-order valence-electron chi connectivity index (χ3n) is 5.48. The molecule has 0 bridgehead atoms. The first-order valence-electron chi connectivity index (χ1n) is 12.0. The molecule has 166 valence electrons. The summed E-state index contributed by atoms with van der Waals surface area (Å²) in [7, 11) is 0. The Kier molecular flexibility index (Phi) is 18.5. The maximum absolute atomic E-state index is 11.6. The Morgan fingerprint density at radius 3 is 1.25 bits per heavy atom. The van der Waals surface area contributed by atoms with Gasteiger partial charge in [-0.3, -0.25) is 9.59 Å². The molecular weight excluding hydrogens is 348 g/mol. The molecular formula is C24H48N2O2. The van der Waals surface area contributed by atoms with Gasteiger partial charge in [0.25, 0.3) is 0 Å². The molecule has 0 saturated carbocycles. The first kappa shape index (κ1) is 26.9. The molecule has 2 unspecified atom stereocenters. The third kappa shape index (κ3) is 17.1. The average molecular weight is 397 g/mol. The number of rotatable bonds is 19. The van der Waals surface area contributed by atoms with Crippen molar-refractivity contribution < 1.29 is 9.59 Å². The minimum Gasteiger partial charge on any atom is -0.352 e. The van der Waals surface area contributed by atoms with Gasteiger partial charge in [0.15, 0.2) is 0 Å². The Hall–Kier alpha value is -1.06. The molecule has 4 nitrogen and oxygen atoms in total. The van der Waals surface area contributed by atoms with Crippen molar-refractivity contribution in [2.75, 3.05) is 0 Å². The van der Waals surface area contributed by atoms with Crippen LogP contribution >= 0.6 is 0 Å². The topological polar surface area (TPSA) is 58.2 Å². The fourth-order valence-electron chi connectivity index (χ4n) is 3.96. The van der Waals surface area contributed by atoms with E-state index in [1.165, 1.54) is 77.0 Å². The van der Waals surface area contributed by atoms with E-state index in [4.69, 9.17) is 0 Å². The van der Waals surface area contributed by atoms with Gasteiger partial charge in [0.2, 0.25) is 11.8 Å². The van der Waals surface area contributed by atoms with E-state index in [0.717, 1.165) is 25.7 Å². The minimum absolute atomic E-state index is 0.00820. The summed E-state index contributed by atoms with van der Waals surface area (Å²) < 4.78 is 0. The van der Waals surface area contributed by atoms with Crippen LogP contribution in [-0.2, 0) is 9.59 Å². The molecule has 0 aromatic rings. The molecule has 0 radical (unpaired) electrons. The smallest absolute Gasteiger partial charge is 0.217 e. The monoisotopic (exact) mass is 396 g/mol. The van der Waals surface area contributed by atoms with Gasteiger partial charge < -0.3 is 10.6 Å². The van der Waals surface area contributed by atoms with Crippen LogP contribution in [0.1, 0.15) is 130 Å². The standard InChI is InChI=1S/C24H48N2O2/c1-5-7-8-9-10-11-12-13-14-15-16-17-18-20-24(26-22(4)28)23(19-6-2)25-21(3)27/h23-24H,5-20H2,1-4H3,(H,25,27)(H,26,28). The van der Waals surface area contributed by atoms with Crippen molar-refractivity contribution >= 4 is 11.8 Å². The zero-order chi connectivity index (χ0) is 21.0. The highest BCUT2D eigenvalue weighted by atomic mass is 16.2. The zero-order valence-corrected chi connectivity index (χ0v) is 19.3. The molecule has 0 fully saturated rings. The van der Waals surface area contributed by atoms with Crippen LogP contribution in [0.4, 0.5) is 0 Å². The molecule has 0 saturated heterocycles. The Morgan fingerprint density at radius 2 is 0.893 bits per heavy atom. The number of amides is 2. The van der Waals surface area contributed by atoms with Crippen molar-refractivity contribution in [1.82, 2.24) is 10.6 Å². The predicted molar refractivity (Wildman–Crippen MR) is 120 cm³/mol. The summed E-state index contributed by atoms with van der Waals surface area (Å²) >= 11 is 0. The first-order valence-corrected chi connectivity index (χ1v) is 12.0. The second kappa shape index (κ2) is 19.3. The second-order valence-corrected chi connectivity index (χ2v) is 8.43. The van der Waals surface area contributed by atoms with Gasteiger partial charge >= 0.3 is 0 Å². The Morgan fingerprint density at radius 1 is 0.536 bits per heavy atom. The van der Waals surface area contributed by atoms with Crippen molar-refractivity contribution in [2.24, 2.45) is 0 Å². The van der Waals surface area contributed by atoms with Gasteiger partial charge in [0.1, 0.15) is 0 Å². The molecule has 0 aliphatic heterocycles. The van der Waals surface area contributed by atoms with Gasteiger partial charge in [0, 0.05) is 25.9 Å². The minimum atomic E-state index is -0.0147. The highest BCUT2D eigenvalue weighted by Gasteiger charge is 2.22. The van der Waals surface area contributed by atoms with E-state index in [2.05, 4.69) is 24.5 Å². The molecule has 0 heterocycles. The van der Waals surface area contributed by atoms with E-state index in [1.54, 1.807) is 13.8 Å². The molecule has 0 aromatic carbocycles. The third-order valence-corrected chi connectivity index (χ3v) is 5.48. The molecule has 2 N–H and O–H groups in total. The van der Waals surface area contributed by atoms with Crippen LogP contribution in [0.2, 0.25) is 0 Å². The lowest BCUT2D eigenvalue weighted by Crippen LogP contribution is -2.50. The summed E-state index contributed by atoms with van der Waals surface area (Å²) in [6.07, 6.45) is 20.3. The normalized spacial score (nSPS) is 13.1. The maximum Gasteiger partial charge on any atom is 0.217 e. The zero-order valence-electron chi connectivity index (χ0n) is 19.3. The fourth-order valence-corrected chi connectivity index (χ4v) is 3.96. The molecule has 0 spiro atoms. The molecule has 4 heteroatoms. The van der Waals surface area contributed by atoms with E-state index < -0.39 is 0 Å². The van der Waals surface area contributed by atoms with Crippen LogP contribution in [0, 0.1) is 0 Å². The molecule has 0 aliphatic rings. The number of hydrogen-bond acceptors (Lipinski definition) is 2.